The molecule has 0 aliphatic carbocycles. The van der Waals surface area contributed by atoms with Gasteiger partial charge in [0, 0.05) is 17.4 Å². The lowest BCUT2D eigenvalue weighted by molar-refractivity contribution is 0.0993. The van der Waals surface area contributed by atoms with Crippen molar-refractivity contribution >= 4 is 38.3 Å². The van der Waals surface area contributed by atoms with Gasteiger partial charge < -0.3 is 4.42 Å². The lowest BCUT2D eigenvalue weighted by Crippen LogP contribution is -2.02. The molecule has 2 aromatic heterocycles. The van der Waals surface area contributed by atoms with Gasteiger partial charge in [0.25, 0.3) is 0 Å². The number of thiazole rings is 1. The molecule has 0 atom stereocenters. The van der Waals surface area contributed by atoms with E-state index in [4.69, 9.17) is 4.42 Å². The number of benzene rings is 2. The molecule has 0 aliphatic heterocycles. The molecule has 0 N–H and O–H groups in total. The summed E-state index contributed by atoms with van der Waals surface area (Å²) in [4.78, 5) is 16.8. The number of carbonyl (C=O) groups is 1. The zero-order valence-electron chi connectivity index (χ0n) is 11.1. The Morgan fingerprint density at radius 3 is 2.81 bits per heavy atom. The lowest BCUT2D eigenvalue weighted by Gasteiger charge is -1.95. The summed E-state index contributed by atoms with van der Waals surface area (Å²) in [6.07, 6.45) is 1.98. The SMILES string of the molecule is O=C(Cc1coc2ccccc12)c1nc2ccccc2s1. The third kappa shape index (κ3) is 2.14. The number of fused-ring (bicyclic) bond motifs is 2. The Hall–Kier alpha value is -2.46. The van der Waals surface area contributed by atoms with E-state index in [0.717, 1.165) is 26.7 Å². The van der Waals surface area contributed by atoms with Crippen molar-refractivity contribution in [2.75, 3.05) is 0 Å². The second-order valence-electron chi connectivity index (χ2n) is 4.84. The van der Waals surface area contributed by atoms with Crippen LogP contribution in [0.4, 0.5) is 0 Å². The smallest absolute Gasteiger partial charge is 0.195 e. The Labute approximate surface area is 124 Å². The van der Waals surface area contributed by atoms with Crippen LogP contribution in [-0.2, 0) is 6.42 Å². The van der Waals surface area contributed by atoms with Crippen molar-refractivity contribution in [3.63, 3.8) is 0 Å². The Kier molecular flexibility index (Phi) is 2.82. The number of aromatic nitrogens is 1. The number of Topliss-reactive ketones (excluding diaryl/α,β-unsaturated/α-hetero) is 1. The maximum absolute atomic E-state index is 12.4. The average molecular weight is 293 g/mol. The number of carbonyl (C=O) groups excluding carboxylic acids is 1. The van der Waals surface area contributed by atoms with Crippen LogP contribution >= 0.6 is 11.3 Å². The predicted molar refractivity (Wildman–Crippen MR) is 83.9 cm³/mol. The van der Waals surface area contributed by atoms with Crippen molar-refractivity contribution in [2.45, 2.75) is 6.42 Å². The molecule has 0 fully saturated rings. The highest BCUT2D eigenvalue weighted by atomic mass is 32.1. The number of hydrogen-bond acceptors (Lipinski definition) is 4. The number of hydrogen-bond donors (Lipinski definition) is 0. The van der Waals surface area contributed by atoms with E-state index < -0.39 is 0 Å². The molecule has 0 radical (unpaired) electrons. The summed E-state index contributed by atoms with van der Waals surface area (Å²) in [5.74, 6) is 0.0303. The lowest BCUT2D eigenvalue weighted by atomic mass is 10.1. The fourth-order valence-electron chi connectivity index (χ4n) is 2.41. The third-order valence-corrected chi connectivity index (χ3v) is 4.52. The monoisotopic (exact) mass is 293 g/mol. The number of para-hydroxylation sites is 2. The minimum absolute atomic E-state index is 0.0303. The topological polar surface area (TPSA) is 43.1 Å². The standard InChI is InChI=1S/C17H11NO2S/c19-14(17-18-13-6-2-4-8-16(13)21-17)9-11-10-20-15-7-3-1-5-12(11)15/h1-8,10H,9H2. The van der Waals surface area contributed by atoms with Gasteiger partial charge in [-0.1, -0.05) is 30.3 Å². The molecule has 4 aromatic rings. The highest BCUT2D eigenvalue weighted by Crippen LogP contribution is 2.25. The van der Waals surface area contributed by atoms with E-state index in [0.29, 0.717) is 11.4 Å². The van der Waals surface area contributed by atoms with Crippen molar-refractivity contribution < 1.29 is 9.21 Å². The van der Waals surface area contributed by atoms with Gasteiger partial charge in [-0.2, -0.15) is 0 Å². The van der Waals surface area contributed by atoms with E-state index in [9.17, 15) is 4.79 Å². The summed E-state index contributed by atoms with van der Waals surface area (Å²) < 4.78 is 6.52. The number of ketones is 1. The largest absolute Gasteiger partial charge is 0.464 e. The molecule has 2 heterocycles. The highest BCUT2D eigenvalue weighted by molar-refractivity contribution is 7.20. The van der Waals surface area contributed by atoms with Crippen molar-refractivity contribution in [1.82, 2.24) is 4.98 Å². The van der Waals surface area contributed by atoms with Crippen molar-refractivity contribution in [1.29, 1.82) is 0 Å². The quantitative estimate of drug-likeness (QED) is 0.523. The predicted octanol–water partition coefficient (Wildman–Crippen LogP) is 4.47. The van der Waals surface area contributed by atoms with Crippen LogP contribution in [0.5, 0.6) is 0 Å². The first-order valence-electron chi connectivity index (χ1n) is 6.65. The summed E-state index contributed by atoms with van der Waals surface area (Å²) in [6.45, 7) is 0. The molecule has 0 unspecified atom stereocenters. The minimum Gasteiger partial charge on any atom is -0.464 e. The molecule has 0 amide bonds. The molecule has 4 rings (SSSR count). The molecule has 4 heteroatoms. The number of rotatable bonds is 3. The van der Waals surface area contributed by atoms with Gasteiger partial charge in [0.05, 0.1) is 16.5 Å². The molecule has 2 aromatic carbocycles. The van der Waals surface area contributed by atoms with Gasteiger partial charge in [-0.25, -0.2) is 4.98 Å². The van der Waals surface area contributed by atoms with E-state index in [-0.39, 0.29) is 5.78 Å². The number of furan rings is 1. The average Bonchev–Trinajstić information content (AvgIpc) is 3.11. The first-order valence-corrected chi connectivity index (χ1v) is 7.47. The summed E-state index contributed by atoms with van der Waals surface area (Å²) in [7, 11) is 0. The molecule has 0 aliphatic rings. The van der Waals surface area contributed by atoms with Gasteiger partial charge in [0.15, 0.2) is 10.8 Å². The summed E-state index contributed by atoms with van der Waals surface area (Å²) in [6, 6.07) is 15.5. The highest BCUT2D eigenvalue weighted by Gasteiger charge is 2.15. The van der Waals surface area contributed by atoms with Gasteiger partial charge in [0.1, 0.15) is 5.58 Å². The minimum atomic E-state index is 0.0303. The first-order chi connectivity index (χ1) is 10.3. The molecule has 102 valence electrons. The molecule has 0 saturated heterocycles. The second-order valence-corrected chi connectivity index (χ2v) is 5.87. The van der Waals surface area contributed by atoms with Crippen molar-refractivity contribution in [3.8, 4) is 0 Å². The number of nitrogens with zero attached hydrogens (tertiary/aromatic N) is 1. The molecule has 0 spiro atoms. The van der Waals surface area contributed by atoms with Gasteiger partial charge in [-0.3, -0.25) is 4.79 Å². The third-order valence-electron chi connectivity index (χ3n) is 3.44. The van der Waals surface area contributed by atoms with Gasteiger partial charge in [0.2, 0.25) is 0 Å². The normalized spacial score (nSPS) is 11.2. The van der Waals surface area contributed by atoms with Crippen LogP contribution in [0.15, 0.2) is 59.2 Å². The van der Waals surface area contributed by atoms with Crippen molar-refractivity contribution in [2.24, 2.45) is 0 Å². The first kappa shape index (κ1) is 12.3. The molecule has 0 saturated carbocycles. The Morgan fingerprint density at radius 1 is 1.10 bits per heavy atom. The Morgan fingerprint density at radius 2 is 1.90 bits per heavy atom. The van der Waals surface area contributed by atoms with Crippen LogP contribution < -0.4 is 0 Å². The maximum atomic E-state index is 12.4. The van der Waals surface area contributed by atoms with Crippen LogP contribution in [0, 0.1) is 0 Å². The zero-order chi connectivity index (χ0) is 14.2. The Balaban J connectivity index is 1.69. The van der Waals surface area contributed by atoms with Gasteiger partial charge >= 0.3 is 0 Å². The summed E-state index contributed by atoms with van der Waals surface area (Å²) in [5, 5.41) is 1.55. The Bertz CT molecular complexity index is 918. The zero-order valence-corrected chi connectivity index (χ0v) is 11.9. The van der Waals surface area contributed by atoms with Gasteiger partial charge in [-0.05, 0) is 18.2 Å². The fraction of sp³-hybridized carbons (Fsp3) is 0.0588. The molecular formula is C17H11NO2S. The maximum Gasteiger partial charge on any atom is 0.195 e. The van der Waals surface area contributed by atoms with Crippen LogP contribution in [0.1, 0.15) is 15.4 Å². The van der Waals surface area contributed by atoms with E-state index in [1.54, 1.807) is 6.26 Å². The molecule has 3 nitrogen and oxygen atoms in total. The second kappa shape index (κ2) is 4.82. The van der Waals surface area contributed by atoms with Crippen molar-refractivity contribution in [3.05, 3.63) is 65.4 Å². The fourth-order valence-corrected chi connectivity index (χ4v) is 3.31. The van der Waals surface area contributed by atoms with E-state index in [1.807, 2.05) is 48.5 Å². The van der Waals surface area contributed by atoms with E-state index in [1.165, 1.54) is 11.3 Å². The van der Waals surface area contributed by atoms with Gasteiger partial charge in [-0.15, -0.1) is 11.3 Å². The van der Waals surface area contributed by atoms with Crippen LogP contribution in [-0.4, -0.2) is 10.8 Å². The summed E-state index contributed by atoms with van der Waals surface area (Å²) >= 11 is 1.44. The van der Waals surface area contributed by atoms with Crippen LogP contribution in [0.25, 0.3) is 21.2 Å². The van der Waals surface area contributed by atoms with E-state index in [2.05, 4.69) is 4.98 Å². The van der Waals surface area contributed by atoms with E-state index >= 15 is 0 Å². The summed E-state index contributed by atoms with van der Waals surface area (Å²) in [5.41, 5.74) is 2.60. The molecule has 21 heavy (non-hydrogen) atoms. The van der Waals surface area contributed by atoms with Crippen LogP contribution in [0.3, 0.4) is 0 Å². The molecule has 0 bridgehead atoms. The van der Waals surface area contributed by atoms with Crippen LogP contribution in [0.2, 0.25) is 0 Å². The molecular weight excluding hydrogens is 282 g/mol.